The Labute approximate surface area is 318 Å². The molecule has 0 bridgehead atoms. The SMILES string of the molecule is CN1c2ccc(-c3cccc(-n4c5ccccc5c5cc6c7ccccc7n(-c7ccc(-c8ccccc8)cc7)c6cc54)c3)cc2SC1c1ccccc1. The monoisotopic (exact) mass is 709 g/mol. The van der Waals surface area contributed by atoms with Crippen LogP contribution in [-0.4, -0.2) is 16.2 Å². The summed E-state index contributed by atoms with van der Waals surface area (Å²) in [6.45, 7) is 0. The van der Waals surface area contributed by atoms with E-state index in [1.54, 1.807) is 0 Å². The zero-order valence-electron chi connectivity index (χ0n) is 29.7. The standard InChI is InChI=1S/C50H35N3S/c1-51-46-28-25-37(30-49(46)54-50(51)35-15-6-3-7-16-35)36-17-12-18-39(29-36)53-45-22-11-9-20-41(45)43-31-42-40-19-8-10-21-44(40)52(47(42)32-48(43)53)38-26-23-34(24-27-38)33-13-4-2-5-14-33/h2-32,50H,1H3. The lowest BCUT2D eigenvalue weighted by Crippen LogP contribution is -2.16. The van der Waals surface area contributed by atoms with Crippen LogP contribution in [0.5, 0.6) is 0 Å². The van der Waals surface area contributed by atoms with Crippen molar-refractivity contribution >= 4 is 61.1 Å². The quantitative estimate of drug-likeness (QED) is 0.176. The minimum absolute atomic E-state index is 0.273. The Morgan fingerprint density at radius 2 is 0.944 bits per heavy atom. The van der Waals surface area contributed by atoms with Crippen LogP contribution in [0.4, 0.5) is 5.69 Å². The van der Waals surface area contributed by atoms with Gasteiger partial charge in [0.25, 0.3) is 0 Å². The molecule has 0 radical (unpaired) electrons. The summed E-state index contributed by atoms with van der Waals surface area (Å²) >= 11 is 1.93. The van der Waals surface area contributed by atoms with E-state index in [1.165, 1.54) is 82.0 Å². The summed E-state index contributed by atoms with van der Waals surface area (Å²) in [6.07, 6.45) is 0. The molecule has 11 rings (SSSR count). The lowest BCUT2D eigenvalue weighted by atomic mass is 10.0. The largest absolute Gasteiger partial charge is 0.357 e. The van der Waals surface area contributed by atoms with Crippen LogP contribution in [0.2, 0.25) is 0 Å². The molecule has 0 spiro atoms. The normalized spacial score (nSPS) is 14.1. The van der Waals surface area contributed by atoms with E-state index in [1.807, 2.05) is 11.8 Å². The maximum Gasteiger partial charge on any atom is 0.105 e. The van der Waals surface area contributed by atoms with Gasteiger partial charge in [-0.05, 0) is 88.5 Å². The van der Waals surface area contributed by atoms with E-state index in [0.29, 0.717) is 0 Å². The average Bonchev–Trinajstić information content (AvgIpc) is 3.87. The van der Waals surface area contributed by atoms with Gasteiger partial charge >= 0.3 is 0 Å². The van der Waals surface area contributed by atoms with Crippen LogP contribution in [0.15, 0.2) is 193 Å². The van der Waals surface area contributed by atoms with Crippen molar-refractivity contribution in [3.05, 3.63) is 194 Å². The van der Waals surface area contributed by atoms with Gasteiger partial charge in [-0.15, -0.1) is 0 Å². The highest BCUT2D eigenvalue weighted by molar-refractivity contribution is 8.00. The summed E-state index contributed by atoms with van der Waals surface area (Å²) < 4.78 is 4.88. The number of rotatable bonds is 5. The van der Waals surface area contributed by atoms with Crippen LogP contribution in [0, 0.1) is 0 Å². The van der Waals surface area contributed by atoms with Crippen LogP contribution in [0.3, 0.4) is 0 Å². The summed E-state index contributed by atoms with van der Waals surface area (Å²) in [4.78, 5) is 3.71. The second-order valence-corrected chi connectivity index (χ2v) is 15.4. The molecule has 1 aliphatic heterocycles. The number of aromatic nitrogens is 2. The molecule has 54 heavy (non-hydrogen) atoms. The predicted molar refractivity (Wildman–Crippen MR) is 229 cm³/mol. The molecule has 0 fully saturated rings. The van der Waals surface area contributed by atoms with E-state index in [-0.39, 0.29) is 5.37 Å². The van der Waals surface area contributed by atoms with Gasteiger partial charge in [0, 0.05) is 44.9 Å². The number of anilines is 1. The molecule has 0 amide bonds. The topological polar surface area (TPSA) is 13.1 Å². The lowest BCUT2D eigenvalue weighted by Gasteiger charge is -2.21. The van der Waals surface area contributed by atoms with E-state index in [4.69, 9.17) is 0 Å². The van der Waals surface area contributed by atoms with Gasteiger partial charge in [-0.3, -0.25) is 0 Å². The van der Waals surface area contributed by atoms with Crippen LogP contribution in [-0.2, 0) is 0 Å². The third kappa shape index (κ3) is 4.84. The fraction of sp³-hybridized carbons (Fsp3) is 0.0400. The number of thioether (sulfide) groups is 1. The zero-order chi connectivity index (χ0) is 35.8. The molecule has 10 aromatic rings. The Hall–Kier alpha value is -6.49. The Balaban J connectivity index is 1.07. The van der Waals surface area contributed by atoms with Gasteiger partial charge in [0.2, 0.25) is 0 Å². The van der Waals surface area contributed by atoms with E-state index in [9.17, 15) is 0 Å². The second kappa shape index (κ2) is 12.3. The Bertz CT molecular complexity index is 3030. The van der Waals surface area contributed by atoms with Crippen LogP contribution >= 0.6 is 11.8 Å². The zero-order valence-corrected chi connectivity index (χ0v) is 30.5. The summed E-state index contributed by atoms with van der Waals surface area (Å²) in [5, 5.41) is 5.31. The molecular weight excluding hydrogens is 675 g/mol. The van der Waals surface area contributed by atoms with Crippen molar-refractivity contribution < 1.29 is 0 Å². The minimum atomic E-state index is 0.273. The molecule has 1 atom stereocenters. The summed E-state index contributed by atoms with van der Waals surface area (Å²) in [5.41, 5.74) is 14.6. The van der Waals surface area contributed by atoms with E-state index < -0.39 is 0 Å². The minimum Gasteiger partial charge on any atom is -0.357 e. The number of nitrogens with zero attached hydrogens (tertiary/aromatic N) is 3. The molecule has 0 saturated heterocycles. The van der Waals surface area contributed by atoms with Gasteiger partial charge < -0.3 is 14.0 Å². The summed E-state index contributed by atoms with van der Waals surface area (Å²) in [5.74, 6) is 0. The van der Waals surface area contributed by atoms with Crippen molar-refractivity contribution in [1.29, 1.82) is 0 Å². The molecule has 3 nitrogen and oxygen atoms in total. The first kappa shape index (κ1) is 31.1. The molecular formula is C50H35N3S. The predicted octanol–water partition coefficient (Wildman–Crippen LogP) is 13.5. The van der Waals surface area contributed by atoms with Crippen molar-refractivity contribution in [1.82, 2.24) is 9.13 Å². The van der Waals surface area contributed by atoms with E-state index in [2.05, 4.69) is 209 Å². The highest BCUT2D eigenvalue weighted by Gasteiger charge is 2.29. The Morgan fingerprint density at radius 1 is 0.389 bits per heavy atom. The molecule has 1 aliphatic rings. The third-order valence-electron chi connectivity index (χ3n) is 11.2. The number of fused-ring (bicyclic) bond motifs is 7. The first-order chi connectivity index (χ1) is 26.7. The number of para-hydroxylation sites is 2. The number of hydrogen-bond acceptors (Lipinski definition) is 2. The third-order valence-corrected chi connectivity index (χ3v) is 12.5. The van der Waals surface area contributed by atoms with Gasteiger partial charge in [-0.25, -0.2) is 0 Å². The second-order valence-electron chi connectivity index (χ2n) is 14.2. The smallest absolute Gasteiger partial charge is 0.105 e. The van der Waals surface area contributed by atoms with Crippen molar-refractivity contribution in [3.8, 4) is 33.6 Å². The molecule has 0 N–H and O–H groups in total. The maximum absolute atomic E-state index is 2.45. The molecule has 8 aromatic carbocycles. The molecule has 3 heterocycles. The molecule has 0 aliphatic carbocycles. The van der Waals surface area contributed by atoms with Crippen LogP contribution in [0.25, 0.3) is 77.2 Å². The molecule has 256 valence electrons. The van der Waals surface area contributed by atoms with Crippen molar-refractivity contribution in [2.45, 2.75) is 10.3 Å². The highest BCUT2D eigenvalue weighted by Crippen LogP contribution is 2.51. The number of benzene rings is 8. The van der Waals surface area contributed by atoms with E-state index in [0.717, 1.165) is 11.4 Å². The van der Waals surface area contributed by atoms with Crippen molar-refractivity contribution in [2.75, 3.05) is 11.9 Å². The van der Waals surface area contributed by atoms with Gasteiger partial charge in [0.05, 0.1) is 27.8 Å². The van der Waals surface area contributed by atoms with Gasteiger partial charge in [-0.1, -0.05) is 139 Å². The fourth-order valence-electron chi connectivity index (χ4n) is 8.56. The van der Waals surface area contributed by atoms with E-state index >= 15 is 0 Å². The Kier molecular flexibility index (Phi) is 7.08. The van der Waals surface area contributed by atoms with Crippen LogP contribution < -0.4 is 4.90 Å². The van der Waals surface area contributed by atoms with Crippen molar-refractivity contribution in [2.24, 2.45) is 0 Å². The molecule has 4 heteroatoms. The average molecular weight is 710 g/mol. The summed E-state index contributed by atoms with van der Waals surface area (Å²) in [7, 11) is 2.20. The first-order valence-electron chi connectivity index (χ1n) is 18.5. The number of hydrogen-bond donors (Lipinski definition) is 0. The first-order valence-corrected chi connectivity index (χ1v) is 19.4. The molecule has 2 aromatic heterocycles. The maximum atomic E-state index is 2.45. The van der Waals surface area contributed by atoms with Gasteiger partial charge in [0.15, 0.2) is 0 Å². The summed E-state index contributed by atoms with van der Waals surface area (Å²) in [6, 6.07) is 68.9. The van der Waals surface area contributed by atoms with Gasteiger partial charge in [0.1, 0.15) is 5.37 Å². The molecule has 0 saturated carbocycles. The fourth-order valence-corrected chi connectivity index (χ4v) is 9.89. The lowest BCUT2D eigenvalue weighted by molar-refractivity contribution is 0.914. The van der Waals surface area contributed by atoms with Gasteiger partial charge in [-0.2, -0.15) is 0 Å². The molecule has 1 unspecified atom stereocenters. The van der Waals surface area contributed by atoms with Crippen LogP contribution in [0.1, 0.15) is 10.9 Å². The highest BCUT2D eigenvalue weighted by atomic mass is 32.2. The van der Waals surface area contributed by atoms with Crippen molar-refractivity contribution in [3.63, 3.8) is 0 Å². The Morgan fingerprint density at radius 3 is 1.65 bits per heavy atom.